The predicted octanol–water partition coefficient (Wildman–Crippen LogP) is 3.09. The monoisotopic (exact) mass is 470 g/mol. The third-order valence-electron chi connectivity index (χ3n) is 5.50. The Balaban J connectivity index is 1.64. The number of amides is 2. The standard InChI is InChI=1S/C20H18ClF3N4O4/c1-26(17-13(21)8-11(9-25-17)20(22,23)24)28-18(29)14-15(27(2)32-16(14)19(28)30)10-4-6-12(31-3)7-5-10/h4-9,14-16H,1-3H3/t14-,15+,16-/m1/s1. The van der Waals surface area contributed by atoms with E-state index in [-0.39, 0.29) is 10.8 Å². The Bertz CT molecular complexity index is 1070. The summed E-state index contributed by atoms with van der Waals surface area (Å²) in [7, 11) is 4.48. The van der Waals surface area contributed by atoms with Gasteiger partial charge in [-0.2, -0.15) is 23.2 Å². The molecular weight excluding hydrogens is 453 g/mol. The predicted molar refractivity (Wildman–Crippen MR) is 106 cm³/mol. The number of nitrogens with zero attached hydrogens (tertiary/aromatic N) is 4. The van der Waals surface area contributed by atoms with Gasteiger partial charge >= 0.3 is 6.18 Å². The van der Waals surface area contributed by atoms with E-state index >= 15 is 0 Å². The molecule has 3 atom stereocenters. The molecule has 3 heterocycles. The number of ether oxygens (including phenoxy) is 1. The molecule has 0 radical (unpaired) electrons. The molecule has 0 spiro atoms. The number of fused-ring (bicyclic) bond motifs is 1. The van der Waals surface area contributed by atoms with Gasteiger partial charge in [-0.05, 0) is 23.8 Å². The van der Waals surface area contributed by atoms with E-state index in [1.165, 1.54) is 19.2 Å². The Labute approximate surface area is 186 Å². The molecule has 0 bridgehead atoms. The number of imide groups is 1. The first-order valence-electron chi connectivity index (χ1n) is 9.42. The normalized spacial score (nSPS) is 23.6. The third-order valence-corrected chi connectivity index (χ3v) is 5.78. The number of hydrogen-bond donors (Lipinski definition) is 0. The SMILES string of the molecule is COc1ccc([C@H]2[C@H]3C(=O)N(N(C)c4ncc(C(F)(F)F)cc4Cl)C(=O)[C@@H]3ON2C)cc1. The van der Waals surface area contributed by atoms with Gasteiger partial charge in [0.25, 0.3) is 11.8 Å². The molecule has 170 valence electrons. The minimum atomic E-state index is -4.63. The molecule has 12 heteroatoms. The number of hydrogen-bond acceptors (Lipinski definition) is 7. The Morgan fingerprint density at radius 3 is 2.41 bits per heavy atom. The van der Waals surface area contributed by atoms with Crippen molar-refractivity contribution in [2.45, 2.75) is 18.3 Å². The fraction of sp³-hybridized carbons (Fsp3) is 0.350. The molecule has 1 aromatic carbocycles. The molecule has 2 saturated heterocycles. The highest BCUT2D eigenvalue weighted by molar-refractivity contribution is 6.33. The van der Waals surface area contributed by atoms with Crippen LogP contribution in [0.5, 0.6) is 5.75 Å². The van der Waals surface area contributed by atoms with Crippen LogP contribution in [-0.4, -0.2) is 54.2 Å². The van der Waals surface area contributed by atoms with Gasteiger partial charge in [0.2, 0.25) is 0 Å². The van der Waals surface area contributed by atoms with Gasteiger partial charge in [-0.15, -0.1) is 0 Å². The molecule has 2 aliphatic rings. The van der Waals surface area contributed by atoms with Crippen molar-refractivity contribution in [3.8, 4) is 5.75 Å². The van der Waals surface area contributed by atoms with E-state index in [0.717, 1.165) is 15.6 Å². The topological polar surface area (TPSA) is 75.2 Å². The van der Waals surface area contributed by atoms with Gasteiger partial charge in [0.15, 0.2) is 11.9 Å². The van der Waals surface area contributed by atoms with Crippen molar-refractivity contribution in [3.63, 3.8) is 0 Å². The highest BCUT2D eigenvalue weighted by atomic mass is 35.5. The second-order valence-electron chi connectivity index (χ2n) is 7.36. The zero-order chi connectivity index (χ0) is 23.4. The van der Waals surface area contributed by atoms with Gasteiger partial charge < -0.3 is 4.74 Å². The van der Waals surface area contributed by atoms with E-state index in [9.17, 15) is 22.8 Å². The summed E-state index contributed by atoms with van der Waals surface area (Å²) in [6.07, 6.45) is -5.13. The largest absolute Gasteiger partial charge is 0.497 e. The van der Waals surface area contributed by atoms with E-state index < -0.39 is 41.6 Å². The van der Waals surface area contributed by atoms with E-state index in [4.69, 9.17) is 21.2 Å². The number of carbonyl (C=O) groups is 2. The van der Waals surface area contributed by atoms with E-state index in [0.29, 0.717) is 18.0 Å². The number of pyridine rings is 1. The summed E-state index contributed by atoms with van der Waals surface area (Å²) in [4.78, 5) is 35.7. The van der Waals surface area contributed by atoms with Gasteiger partial charge in [-0.25, -0.2) is 4.98 Å². The summed E-state index contributed by atoms with van der Waals surface area (Å²) in [5.41, 5.74) is -0.308. The number of aromatic nitrogens is 1. The van der Waals surface area contributed by atoms with Gasteiger partial charge in [0.05, 0.1) is 29.7 Å². The van der Waals surface area contributed by atoms with E-state index in [2.05, 4.69) is 4.98 Å². The van der Waals surface area contributed by atoms with Crippen LogP contribution in [-0.2, 0) is 20.6 Å². The number of carbonyl (C=O) groups excluding carboxylic acids is 2. The number of methoxy groups -OCH3 is 1. The van der Waals surface area contributed by atoms with Crippen molar-refractivity contribution >= 4 is 29.2 Å². The van der Waals surface area contributed by atoms with Crippen molar-refractivity contribution < 1.29 is 32.3 Å². The van der Waals surface area contributed by atoms with Crippen molar-refractivity contribution in [2.75, 3.05) is 26.2 Å². The van der Waals surface area contributed by atoms with Crippen LogP contribution in [0, 0.1) is 5.92 Å². The van der Waals surface area contributed by atoms with Crippen LogP contribution >= 0.6 is 11.6 Å². The summed E-state index contributed by atoms with van der Waals surface area (Å²) in [6, 6.07) is 7.13. The quantitative estimate of drug-likeness (QED) is 0.636. The molecule has 2 aliphatic heterocycles. The Hall–Kier alpha value is -2.89. The lowest BCUT2D eigenvalue weighted by Gasteiger charge is -2.30. The Morgan fingerprint density at radius 2 is 1.84 bits per heavy atom. The van der Waals surface area contributed by atoms with Crippen molar-refractivity contribution in [1.82, 2.24) is 15.1 Å². The number of anilines is 1. The van der Waals surface area contributed by atoms with E-state index in [1.807, 2.05) is 0 Å². The number of halogens is 4. The maximum atomic E-state index is 13.3. The molecule has 4 rings (SSSR count). The summed E-state index contributed by atoms with van der Waals surface area (Å²) >= 11 is 6.00. The fourth-order valence-electron chi connectivity index (χ4n) is 3.97. The maximum absolute atomic E-state index is 13.3. The molecule has 2 fully saturated rings. The minimum Gasteiger partial charge on any atom is -0.497 e. The lowest BCUT2D eigenvalue weighted by atomic mass is 9.91. The summed E-state index contributed by atoms with van der Waals surface area (Å²) in [5, 5.41) is 2.94. The Morgan fingerprint density at radius 1 is 1.19 bits per heavy atom. The summed E-state index contributed by atoms with van der Waals surface area (Å²) in [6.45, 7) is 0. The van der Waals surface area contributed by atoms with Crippen molar-refractivity contribution in [2.24, 2.45) is 5.92 Å². The van der Waals surface area contributed by atoms with Crippen molar-refractivity contribution in [3.05, 3.63) is 52.7 Å². The second kappa shape index (κ2) is 7.91. The highest BCUT2D eigenvalue weighted by Gasteiger charge is 2.60. The molecule has 0 N–H and O–H groups in total. The number of rotatable bonds is 4. The van der Waals surface area contributed by atoms with Crippen LogP contribution < -0.4 is 9.75 Å². The molecule has 0 unspecified atom stereocenters. The Kier molecular flexibility index (Phi) is 5.51. The van der Waals surface area contributed by atoms with Crippen LogP contribution in [0.4, 0.5) is 19.0 Å². The fourth-order valence-corrected chi connectivity index (χ4v) is 4.26. The molecule has 2 aromatic rings. The first kappa shape index (κ1) is 22.3. The third kappa shape index (κ3) is 3.55. The molecule has 0 saturated carbocycles. The maximum Gasteiger partial charge on any atom is 0.417 e. The summed E-state index contributed by atoms with van der Waals surface area (Å²) in [5.74, 6) is -1.65. The zero-order valence-corrected chi connectivity index (χ0v) is 17.9. The number of benzene rings is 1. The van der Waals surface area contributed by atoms with Crippen molar-refractivity contribution in [1.29, 1.82) is 0 Å². The molecular formula is C20H18ClF3N4O4. The average molecular weight is 471 g/mol. The van der Waals surface area contributed by atoms with Crippen LogP contribution in [0.1, 0.15) is 17.2 Å². The van der Waals surface area contributed by atoms with Crippen LogP contribution in [0.2, 0.25) is 5.02 Å². The smallest absolute Gasteiger partial charge is 0.417 e. The molecule has 2 amide bonds. The average Bonchev–Trinajstić information content (AvgIpc) is 3.20. The van der Waals surface area contributed by atoms with Gasteiger partial charge in [-0.1, -0.05) is 23.7 Å². The van der Waals surface area contributed by atoms with Crippen LogP contribution in [0.15, 0.2) is 36.5 Å². The minimum absolute atomic E-state index is 0.171. The van der Waals surface area contributed by atoms with Crippen LogP contribution in [0.25, 0.3) is 0 Å². The van der Waals surface area contributed by atoms with Gasteiger partial charge in [0, 0.05) is 20.3 Å². The van der Waals surface area contributed by atoms with Crippen LogP contribution in [0.3, 0.4) is 0 Å². The number of hydroxylamine groups is 2. The lowest BCUT2D eigenvalue weighted by Crippen LogP contribution is -2.47. The number of alkyl halides is 3. The molecule has 1 aromatic heterocycles. The number of hydrazine groups is 1. The second-order valence-corrected chi connectivity index (χ2v) is 7.76. The lowest BCUT2D eigenvalue weighted by molar-refractivity contribution is -0.170. The molecule has 8 nitrogen and oxygen atoms in total. The van der Waals surface area contributed by atoms with Gasteiger partial charge in [-0.3, -0.25) is 19.4 Å². The van der Waals surface area contributed by atoms with Gasteiger partial charge in [0.1, 0.15) is 5.75 Å². The first-order chi connectivity index (χ1) is 15.0. The highest BCUT2D eigenvalue weighted by Crippen LogP contribution is 2.45. The zero-order valence-electron chi connectivity index (χ0n) is 17.1. The first-order valence-corrected chi connectivity index (χ1v) is 9.80. The summed E-state index contributed by atoms with van der Waals surface area (Å²) < 4.78 is 43.9. The molecule has 0 aliphatic carbocycles. The molecule has 32 heavy (non-hydrogen) atoms. The van der Waals surface area contributed by atoms with E-state index in [1.54, 1.807) is 31.3 Å².